The number of hydrogen-bond acceptors (Lipinski definition) is 5. The van der Waals surface area contributed by atoms with Crippen LogP contribution in [0.2, 0.25) is 0 Å². The fourth-order valence-corrected chi connectivity index (χ4v) is 3.30. The molecule has 0 aromatic carbocycles. The highest BCUT2D eigenvalue weighted by molar-refractivity contribution is 7.89. The number of carbonyl (C=O) groups is 1. The van der Waals surface area contributed by atoms with Crippen LogP contribution in [0.3, 0.4) is 0 Å². The summed E-state index contributed by atoms with van der Waals surface area (Å²) in [6.07, 6.45) is 0. The minimum Gasteiger partial charge on any atom is -0.350 e. The SMILES string of the molecule is CCS(=O)CCNC(=O)c1n[nH]c(C(C)C)c1S(N)(=O)=O. The molecule has 0 bridgehead atoms. The number of nitrogens with one attached hydrogen (secondary N) is 2. The number of hydrogen-bond donors (Lipinski definition) is 3. The third kappa shape index (κ3) is 4.61. The summed E-state index contributed by atoms with van der Waals surface area (Å²) in [5, 5.41) is 13.9. The molecule has 1 rings (SSSR count). The van der Waals surface area contributed by atoms with Crippen molar-refractivity contribution in [2.24, 2.45) is 5.14 Å². The molecular formula is C11H20N4O4S2. The number of H-pyrrole nitrogens is 1. The highest BCUT2D eigenvalue weighted by atomic mass is 32.2. The maximum absolute atomic E-state index is 12.0. The van der Waals surface area contributed by atoms with E-state index >= 15 is 0 Å². The Balaban J connectivity index is 2.98. The monoisotopic (exact) mass is 336 g/mol. The van der Waals surface area contributed by atoms with Crippen molar-refractivity contribution < 1.29 is 17.4 Å². The molecule has 21 heavy (non-hydrogen) atoms. The number of carbonyl (C=O) groups excluding carboxylic acids is 1. The molecule has 1 unspecified atom stereocenters. The Bertz CT molecular complexity index is 637. The fraction of sp³-hybridized carbons (Fsp3) is 0.636. The summed E-state index contributed by atoms with van der Waals surface area (Å²) in [6, 6.07) is 0. The Hall–Kier alpha value is -1.26. The van der Waals surface area contributed by atoms with Gasteiger partial charge in [0.15, 0.2) is 5.69 Å². The van der Waals surface area contributed by atoms with E-state index < -0.39 is 26.7 Å². The van der Waals surface area contributed by atoms with Gasteiger partial charge in [0.05, 0.1) is 5.69 Å². The smallest absolute Gasteiger partial charge is 0.273 e. The molecule has 0 aliphatic carbocycles. The van der Waals surface area contributed by atoms with Gasteiger partial charge in [-0.3, -0.25) is 14.1 Å². The van der Waals surface area contributed by atoms with Crippen molar-refractivity contribution in [1.82, 2.24) is 15.5 Å². The Kier molecular flexibility index (Phi) is 6.05. The summed E-state index contributed by atoms with van der Waals surface area (Å²) >= 11 is 0. The summed E-state index contributed by atoms with van der Waals surface area (Å²) in [4.78, 5) is 11.7. The normalized spacial score (nSPS) is 13.4. The molecule has 1 aromatic heterocycles. The lowest BCUT2D eigenvalue weighted by Crippen LogP contribution is -2.30. The van der Waals surface area contributed by atoms with Crippen molar-refractivity contribution in [3.63, 3.8) is 0 Å². The number of nitrogens with zero attached hydrogens (tertiary/aromatic N) is 1. The molecule has 0 radical (unpaired) electrons. The van der Waals surface area contributed by atoms with Crippen LogP contribution < -0.4 is 10.5 Å². The first-order valence-corrected chi connectivity index (χ1v) is 9.46. The molecule has 1 heterocycles. The lowest BCUT2D eigenvalue weighted by atomic mass is 10.1. The van der Waals surface area contributed by atoms with Gasteiger partial charge >= 0.3 is 0 Å². The standard InChI is InChI=1S/C11H20N4O4S2/c1-4-20(17)6-5-13-11(16)9-10(21(12,18)19)8(7(2)3)14-15-9/h7H,4-6H2,1-3H3,(H,13,16)(H,14,15)(H2,12,18,19). The van der Waals surface area contributed by atoms with Crippen LogP contribution in [0.4, 0.5) is 0 Å². The number of primary sulfonamides is 1. The number of sulfonamides is 1. The van der Waals surface area contributed by atoms with E-state index in [0.717, 1.165) is 0 Å². The molecule has 10 heteroatoms. The van der Waals surface area contributed by atoms with Crippen molar-refractivity contribution in [2.75, 3.05) is 18.1 Å². The zero-order chi connectivity index (χ0) is 16.2. The maximum atomic E-state index is 12.0. The molecule has 0 aliphatic rings. The Morgan fingerprint density at radius 2 is 2.10 bits per heavy atom. The first kappa shape index (κ1) is 17.8. The number of aromatic amines is 1. The number of aromatic nitrogens is 2. The molecule has 8 nitrogen and oxygen atoms in total. The second-order valence-electron chi connectivity index (χ2n) is 4.70. The van der Waals surface area contributed by atoms with Crippen molar-refractivity contribution in [3.05, 3.63) is 11.4 Å². The summed E-state index contributed by atoms with van der Waals surface area (Å²) < 4.78 is 34.6. The van der Waals surface area contributed by atoms with Crippen LogP contribution in [0.15, 0.2) is 4.90 Å². The van der Waals surface area contributed by atoms with Gasteiger partial charge in [0.25, 0.3) is 5.91 Å². The summed E-state index contributed by atoms with van der Waals surface area (Å²) in [6.45, 7) is 5.47. The topological polar surface area (TPSA) is 135 Å². The molecule has 0 fully saturated rings. The van der Waals surface area contributed by atoms with E-state index in [0.29, 0.717) is 17.2 Å². The van der Waals surface area contributed by atoms with Gasteiger partial charge in [0.2, 0.25) is 10.0 Å². The van der Waals surface area contributed by atoms with E-state index in [1.165, 1.54) is 0 Å². The van der Waals surface area contributed by atoms with Crippen LogP contribution in [-0.2, 0) is 20.8 Å². The number of amides is 1. The van der Waals surface area contributed by atoms with E-state index in [1.807, 2.05) is 0 Å². The van der Waals surface area contributed by atoms with Gasteiger partial charge in [-0.2, -0.15) is 5.10 Å². The molecule has 120 valence electrons. The van der Waals surface area contributed by atoms with Crippen LogP contribution in [0, 0.1) is 0 Å². The Labute approximate surface area is 126 Å². The second kappa shape index (κ2) is 7.14. The lowest BCUT2D eigenvalue weighted by molar-refractivity contribution is 0.0948. The van der Waals surface area contributed by atoms with E-state index in [1.54, 1.807) is 20.8 Å². The van der Waals surface area contributed by atoms with Gasteiger partial charge in [-0.15, -0.1) is 0 Å². The average Bonchev–Trinajstić information content (AvgIpc) is 2.83. The molecular weight excluding hydrogens is 316 g/mol. The molecule has 0 saturated heterocycles. The van der Waals surface area contributed by atoms with Crippen molar-refractivity contribution >= 4 is 26.7 Å². The Morgan fingerprint density at radius 3 is 2.57 bits per heavy atom. The zero-order valence-electron chi connectivity index (χ0n) is 12.2. The van der Waals surface area contributed by atoms with Gasteiger partial charge < -0.3 is 5.32 Å². The van der Waals surface area contributed by atoms with Crippen molar-refractivity contribution in [2.45, 2.75) is 31.6 Å². The molecule has 0 aliphatic heterocycles. The van der Waals surface area contributed by atoms with Crippen LogP contribution >= 0.6 is 0 Å². The Morgan fingerprint density at radius 1 is 1.48 bits per heavy atom. The van der Waals surface area contributed by atoms with Crippen LogP contribution in [-0.4, -0.2) is 46.8 Å². The maximum Gasteiger partial charge on any atom is 0.273 e. The predicted molar refractivity (Wildman–Crippen MR) is 79.9 cm³/mol. The molecule has 1 atom stereocenters. The summed E-state index contributed by atoms with van der Waals surface area (Å²) in [5.41, 5.74) is 0.0308. The first-order chi connectivity index (χ1) is 9.68. The quantitative estimate of drug-likeness (QED) is 0.627. The molecule has 4 N–H and O–H groups in total. The highest BCUT2D eigenvalue weighted by Crippen LogP contribution is 2.23. The van der Waals surface area contributed by atoms with Gasteiger partial charge in [-0.25, -0.2) is 13.6 Å². The first-order valence-electron chi connectivity index (χ1n) is 6.42. The minimum atomic E-state index is -4.07. The second-order valence-corrected chi connectivity index (χ2v) is 8.07. The van der Waals surface area contributed by atoms with E-state index in [9.17, 15) is 17.4 Å². The van der Waals surface area contributed by atoms with Crippen LogP contribution in [0.5, 0.6) is 0 Å². The van der Waals surface area contributed by atoms with Crippen LogP contribution in [0.1, 0.15) is 42.9 Å². The average molecular weight is 336 g/mol. The molecule has 1 aromatic rings. The third-order valence-electron chi connectivity index (χ3n) is 2.76. The van der Waals surface area contributed by atoms with E-state index in [4.69, 9.17) is 5.14 Å². The van der Waals surface area contributed by atoms with E-state index in [2.05, 4.69) is 15.5 Å². The van der Waals surface area contributed by atoms with Crippen LogP contribution in [0.25, 0.3) is 0 Å². The molecule has 0 saturated carbocycles. The van der Waals surface area contributed by atoms with E-state index in [-0.39, 0.29) is 23.1 Å². The largest absolute Gasteiger partial charge is 0.350 e. The van der Waals surface area contributed by atoms with Gasteiger partial charge in [-0.05, 0) is 5.92 Å². The lowest BCUT2D eigenvalue weighted by Gasteiger charge is -2.06. The number of nitrogens with two attached hydrogens (primary N) is 1. The van der Waals surface area contributed by atoms with Crippen molar-refractivity contribution in [3.8, 4) is 0 Å². The van der Waals surface area contributed by atoms with Gasteiger partial charge in [0.1, 0.15) is 4.90 Å². The van der Waals surface area contributed by atoms with Gasteiger partial charge in [0, 0.05) is 28.9 Å². The zero-order valence-corrected chi connectivity index (χ0v) is 13.8. The van der Waals surface area contributed by atoms with Gasteiger partial charge in [-0.1, -0.05) is 20.8 Å². The highest BCUT2D eigenvalue weighted by Gasteiger charge is 2.28. The fourth-order valence-electron chi connectivity index (χ4n) is 1.68. The predicted octanol–water partition coefficient (Wildman–Crippen LogP) is -0.321. The summed E-state index contributed by atoms with van der Waals surface area (Å²) in [5.74, 6) is -0.0395. The molecule has 0 spiro atoms. The molecule has 1 amide bonds. The number of rotatable bonds is 7. The van der Waals surface area contributed by atoms with Crippen molar-refractivity contribution in [1.29, 1.82) is 0 Å². The minimum absolute atomic E-state index is 0.174. The summed E-state index contributed by atoms with van der Waals surface area (Å²) in [7, 11) is -5.08. The third-order valence-corrected chi connectivity index (χ3v) is 5.05.